The molecule has 1 saturated carbocycles. The largest absolute Gasteiger partial charge is 0.508 e. The molecule has 3 aliphatic rings. The number of terminal acetylenes is 1. The van der Waals surface area contributed by atoms with Gasteiger partial charge in [0.25, 0.3) is 0 Å². The van der Waals surface area contributed by atoms with Gasteiger partial charge in [-0.3, -0.25) is 0 Å². The fourth-order valence-corrected chi connectivity index (χ4v) is 8.26. The number of phenolic OH excluding ortho intramolecular Hbond substituents is 1. The number of benzene rings is 2. The van der Waals surface area contributed by atoms with Gasteiger partial charge in [-0.25, -0.2) is 18.2 Å². The van der Waals surface area contributed by atoms with E-state index in [4.69, 9.17) is 20.9 Å². The molecule has 48 heavy (non-hydrogen) atoms. The van der Waals surface area contributed by atoms with Crippen LogP contribution in [-0.2, 0) is 0 Å². The molecule has 4 heterocycles. The average molecular weight is 662 g/mol. The van der Waals surface area contributed by atoms with Gasteiger partial charge < -0.3 is 29.5 Å². The number of phenols is 1. The van der Waals surface area contributed by atoms with Crippen molar-refractivity contribution in [1.82, 2.24) is 19.9 Å². The molecule has 2 saturated heterocycles. The number of nitrogens with zero attached hydrogens (tertiary/aromatic N) is 5. The van der Waals surface area contributed by atoms with Crippen LogP contribution in [-0.4, -0.2) is 88.8 Å². The fourth-order valence-electron chi connectivity index (χ4n) is 8.26. The number of likely N-dealkylation sites (tertiary alicyclic amines) is 1. The predicted molar refractivity (Wildman–Crippen MR) is 176 cm³/mol. The van der Waals surface area contributed by atoms with Crippen LogP contribution in [0.15, 0.2) is 24.3 Å². The summed E-state index contributed by atoms with van der Waals surface area (Å²) in [5, 5.41) is 22.2. The van der Waals surface area contributed by atoms with Gasteiger partial charge in [-0.2, -0.15) is 9.97 Å². The smallest absolute Gasteiger partial charge is 0.319 e. The normalized spacial score (nSPS) is 24.5. The first-order valence-electron chi connectivity index (χ1n) is 16.3. The van der Waals surface area contributed by atoms with Gasteiger partial charge in [0.05, 0.1) is 25.8 Å². The van der Waals surface area contributed by atoms with Crippen LogP contribution >= 0.6 is 0 Å². The lowest BCUT2D eigenvalue weighted by Gasteiger charge is -2.44. The van der Waals surface area contributed by atoms with Crippen LogP contribution in [0.5, 0.6) is 17.6 Å². The van der Waals surface area contributed by atoms with Crippen LogP contribution in [0.4, 0.5) is 19.0 Å². The van der Waals surface area contributed by atoms with E-state index in [0.29, 0.717) is 31.0 Å². The van der Waals surface area contributed by atoms with Gasteiger partial charge in [0, 0.05) is 29.0 Å². The Morgan fingerprint density at radius 3 is 2.62 bits per heavy atom. The van der Waals surface area contributed by atoms with Crippen molar-refractivity contribution in [3.63, 3.8) is 0 Å². The van der Waals surface area contributed by atoms with Crippen molar-refractivity contribution in [1.29, 1.82) is 0 Å². The van der Waals surface area contributed by atoms with E-state index in [9.17, 15) is 19.0 Å². The average Bonchev–Trinajstić information content (AvgIpc) is 3.53. The molecule has 2 N–H and O–H groups in total. The first-order valence-corrected chi connectivity index (χ1v) is 16.3. The fraction of sp³-hybridized carbons (Fsp3) is 0.472. The zero-order valence-electron chi connectivity index (χ0n) is 27.0. The predicted octanol–water partition coefficient (Wildman–Crippen LogP) is 5.76. The van der Waals surface area contributed by atoms with E-state index in [2.05, 4.69) is 27.8 Å². The number of ether oxygens (including phenoxy) is 2. The van der Waals surface area contributed by atoms with Crippen molar-refractivity contribution in [3.8, 4) is 41.2 Å². The maximum Gasteiger partial charge on any atom is 0.319 e. The summed E-state index contributed by atoms with van der Waals surface area (Å²) in [6.45, 7) is 0.699. The number of anilines is 1. The van der Waals surface area contributed by atoms with Crippen molar-refractivity contribution >= 4 is 27.5 Å². The van der Waals surface area contributed by atoms with Gasteiger partial charge in [0.15, 0.2) is 5.82 Å². The van der Waals surface area contributed by atoms with E-state index < -0.39 is 23.9 Å². The molecule has 2 aromatic carbocycles. The number of fused-ring (bicyclic) bond motifs is 3. The minimum atomic E-state index is -1.62. The third-order valence-corrected chi connectivity index (χ3v) is 10.5. The topological polar surface area (TPSA) is 104 Å². The summed E-state index contributed by atoms with van der Waals surface area (Å²) in [5.41, 5.74) is -2.25. The van der Waals surface area contributed by atoms with Gasteiger partial charge in [-0.1, -0.05) is 18.4 Å². The molecule has 0 amide bonds. The molecule has 7 rings (SSSR count). The molecule has 12 heteroatoms. The van der Waals surface area contributed by atoms with Crippen molar-refractivity contribution in [2.75, 3.05) is 52.0 Å². The number of rotatable bonds is 7. The summed E-state index contributed by atoms with van der Waals surface area (Å²) in [7, 11) is 3.49. The molecule has 9 nitrogen and oxygen atoms in total. The number of pyridine rings is 1. The molecule has 3 fully saturated rings. The molecule has 3 atom stereocenters. The zero-order chi connectivity index (χ0) is 33.8. The Balaban J connectivity index is 1.43. The Labute approximate surface area is 276 Å². The van der Waals surface area contributed by atoms with Crippen molar-refractivity contribution in [2.45, 2.75) is 56.6 Å². The quantitative estimate of drug-likeness (QED) is 0.239. The summed E-state index contributed by atoms with van der Waals surface area (Å²) < 4.78 is 58.1. The Morgan fingerprint density at radius 1 is 1.06 bits per heavy atom. The number of methoxy groups -OCH3 is 1. The SMILES string of the molecule is C#Cc1c(F)ccc2cc(O)cc(-c3nc(OC)c4c(N5CCC[C@@](O)(CF)C5)nc(OC[C@]56CCC[C@H]5N(C)CCC6)nc4c3F)c12. The van der Waals surface area contributed by atoms with E-state index in [1.54, 1.807) is 4.90 Å². The van der Waals surface area contributed by atoms with E-state index in [0.717, 1.165) is 38.6 Å². The minimum absolute atomic E-state index is 0.0421. The van der Waals surface area contributed by atoms with Crippen molar-refractivity contribution in [3.05, 3.63) is 41.5 Å². The number of alkyl halides is 1. The maximum absolute atomic E-state index is 17.0. The second-order valence-corrected chi connectivity index (χ2v) is 13.5. The number of halogens is 3. The Morgan fingerprint density at radius 2 is 1.85 bits per heavy atom. The van der Waals surface area contributed by atoms with Crippen LogP contribution in [0.2, 0.25) is 0 Å². The highest BCUT2D eigenvalue weighted by Crippen LogP contribution is 2.48. The maximum atomic E-state index is 17.0. The number of hydrogen-bond donors (Lipinski definition) is 2. The summed E-state index contributed by atoms with van der Waals surface area (Å²) >= 11 is 0. The summed E-state index contributed by atoms with van der Waals surface area (Å²) in [5.74, 6) is 0.686. The highest BCUT2D eigenvalue weighted by molar-refractivity contribution is 6.04. The number of piperidine rings is 2. The lowest BCUT2D eigenvalue weighted by Crippen LogP contribution is -2.50. The molecule has 0 unspecified atom stereocenters. The molecule has 1 aliphatic carbocycles. The molecule has 4 aromatic rings. The zero-order valence-corrected chi connectivity index (χ0v) is 27.0. The molecule has 0 spiro atoms. The summed E-state index contributed by atoms with van der Waals surface area (Å²) in [6.07, 6.45) is 11.6. The molecule has 0 radical (unpaired) electrons. The van der Waals surface area contributed by atoms with E-state index in [1.807, 2.05) is 0 Å². The van der Waals surface area contributed by atoms with E-state index in [1.165, 1.54) is 31.4 Å². The van der Waals surface area contributed by atoms with Crippen LogP contribution in [0.25, 0.3) is 32.9 Å². The number of β-amino-alcohol motifs (C(OH)–C–C–N with tert-alkyl or cyclic N) is 1. The molecular formula is C36H38F3N5O4. The lowest BCUT2D eigenvalue weighted by molar-refractivity contribution is 0.00287. The van der Waals surface area contributed by atoms with Gasteiger partial charge in [-0.15, -0.1) is 6.42 Å². The second-order valence-electron chi connectivity index (χ2n) is 13.5. The van der Waals surface area contributed by atoms with Crippen LogP contribution in [0.1, 0.15) is 50.5 Å². The van der Waals surface area contributed by atoms with Crippen LogP contribution < -0.4 is 14.4 Å². The highest BCUT2D eigenvalue weighted by atomic mass is 19.1. The third-order valence-electron chi connectivity index (χ3n) is 10.5. The molecule has 0 bridgehead atoms. The van der Waals surface area contributed by atoms with Gasteiger partial charge in [0.2, 0.25) is 5.88 Å². The highest BCUT2D eigenvalue weighted by Gasteiger charge is 2.47. The molecule has 2 aromatic heterocycles. The third kappa shape index (κ3) is 5.33. The minimum Gasteiger partial charge on any atom is -0.508 e. The lowest BCUT2D eigenvalue weighted by atomic mass is 9.76. The number of aromatic hydroxyl groups is 1. The van der Waals surface area contributed by atoms with Crippen molar-refractivity contribution < 1.29 is 32.9 Å². The number of aromatic nitrogens is 3. The van der Waals surface area contributed by atoms with Gasteiger partial charge in [0.1, 0.15) is 46.3 Å². The molecule has 252 valence electrons. The van der Waals surface area contributed by atoms with E-state index >= 15 is 4.39 Å². The van der Waals surface area contributed by atoms with E-state index in [-0.39, 0.29) is 74.9 Å². The van der Waals surface area contributed by atoms with Gasteiger partial charge in [-0.05, 0) is 75.7 Å². The second kappa shape index (κ2) is 12.3. The number of aliphatic hydroxyl groups is 1. The van der Waals surface area contributed by atoms with Crippen molar-refractivity contribution in [2.24, 2.45) is 5.41 Å². The summed E-state index contributed by atoms with van der Waals surface area (Å²) in [6, 6.07) is 5.58. The van der Waals surface area contributed by atoms with Gasteiger partial charge >= 0.3 is 6.01 Å². The molecular weight excluding hydrogens is 623 g/mol. The monoisotopic (exact) mass is 661 g/mol. The van der Waals surface area contributed by atoms with Crippen LogP contribution in [0, 0.1) is 29.4 Å². The first kappa shape index (κ1) is 32.2. The Hall–Kier alpha value is -4.34. The Kier molecular flexibility index (Phi) is 8.24. The van der Waals surface area contributed by atoms with Crippen LogP contribution in [0.3, 0.4) is 0 Å². The summed E-state index contributed by atoms with van der Waals surface area (Å²) in [4.78, 5) is 17.9. The number of hydrogen-bond acceptors (Lipinski definition) is 9. The standard InChI is InChI=1S/C36H38F3N5O4/c1-4-23-25(38)10-9-21-16-22(45)17-24(27(21)23)30-29(39)31-28(33(40-30)47-3)32(44-15-7-13-36(46,18-37)19-44)42-34(41-31)48-20-35-11-5-8-26(35)43(2)14-6-12-35/h1,9-10,16-17,26,45-46H,5-8,11-15,18-20H2,2-3H3/t26-,35-,36-/m1/s1. The Bertz CT molecular complexity index is 1950. The molecule has 2 aliphatic heterocycles. The first-order chi connectivity index (χ1) is 23.1.